The fourth-order valence-corrected chi connectivity index (χ4v) is 2.50. The number of ether oxygens (including phenoxy) is 2. The Hall–Kier alpha value is -1.99. The van der Waals surface area contributed by atoms with Crippen LogP contribution in [-0.2, 0) is 9.59 Å². The lowest BCUT2D eigenvalue weighted by Gasteiger charge is -2.22. The lowest BCUT2D eigenvalue weighted by molar-refractivity contribution is -0.121. The van der Waals surface area contributed by atoms with Crippen LogP contribution in [0.15, 0.2) is 18.2 Å². The minimum atomic E-state index is -0.811. The average molecular weight is 344 g/mol. The second-order valence-electron chi connectivity index (χ2n) is 5.44. The number of benzene rings is 1. The molecule has 128 valence electrons. The third-order valence-electron chi connectivity index (χ3n) is 3.74. The molecule has 1 saturated carbocycles. The molecule has 0 aromatic heterocycles. The minimum absolute atomic E-state index is 0. The predicted molar refractivity (Wildman–Crippen MR) is 88.9 cm³/mol. The van der Waals surface area contributed by atoms with Crippen LogP contribution in [0.5, 0.6) is 11.5 Å². The van der Waals surface area contributed by atoms with E-state index in [9.17, 15) is 9.59 Å². The van der Waals surface area contributed by atoms with Crippen LogP contribution in [0.2, 0.25) is 0 Å². The monoisotopic (exact) mass is 343 g/mol. The molecular weight excluding hydrogens is 322 g/mol. The standard InChI is InChI=1S/C15H21N3O4.ClH/c1-21-11-5-4-10(8-12(11)22-9-13(16)19)18-14(20)15(17)6-2-3-7-15;/h4-5,8H,2-3,6-7,9,17H2,1H3,(H2,16,19)(H,18,20);1H. The highest BCUT2D eigenvalue weighted by atomic mass is 35.5. The maximum atomic E-state index is 12.3. The fourth-order valence-electron chi connectivity index (χ4n) is 2.50. The molecule has 1 aliphatic carbocycles. The fraction of sp³-hybridized carbons (Fsp3) is 0.467. The Morgan fingerprint density at radius 3 is 2.48 bits per heavy atom. The molecule has 0 atom stereocenters. The van der Waals surface area contributed by atoms with Gasteiger partial charge in [-0.3, -0.25) is 9.59 Å². The van der Waals surface area contributed by atoms with Crippen molar-refractivity contribution in [1.82, 2.24) is 0 Å². The quantitative estimate of drug-likeness (QED) is 0.717. The molecule has 2 amide bonds. The number of primary amides is 1. The molecule has 5 N–H and O–H groups in total. The summed E-state index contributed by atoms with van der Waals surface area (Å²) in [4.78, 5) is 23.1. The zero-order chi connectivity index (χ0) is 16.2. The van der Waals surface area contributed by atoms with Crippen LogP contribution in [0.25, 0.3) is 0 Å². The summed E-state index contributed by atoms with van der Waals surface area (Å²) in [6.07, 6.45) is 3.28. The van der Waals surface area contributed by atoms with Crippen molar-refractivity contribution in [3.63, 3.8) is 0 Å². The maximum absolute atomic E-state index is 12.3. The number of nitrogens with one attached hydrogen (secondary N) is 1. The highest BCUT2D eigenvalue weighted by molar-refractivity contribution is 5.98. The van der Waals surface area contributed by atoms with Gasteiger partial charge in [-0.2, -0.15) is 0 Å². The average Bonchev–Trinajstić information content (AvgIpc) is 2.93. The highest BCUT2D eigenvalue weighted by Gasteiger charge is 2.37. The Morgan fingerprint density at radius 1 is 1.26 bits per heavy atom. The van der Waals surface area contributed by atoms with Gasteiger partial charge in [0.2, 0.25) is 5.91 Å². The Bertz CT molecular complexity index is 574. The van der Waals surface area contributed by atoms with Crippen molar-refractivity contribution in [2.24, 2.45) is 11.5 Å². The number of carbonyl (C=O) groups is 2. The molecule has 0 saturated heterocycles. The van der Waals surface area contributed by atoms with Gasteiger partial charge in [-0.15, -0.1) is 12.4 Å². The van der Waals surface area contributed by atoms with E-state index in [0.29, 0.717) is 30.0 Å². The molecule has 8 heteroatoms. The number of nitrogens with two attached hydrogens (primary N) is 2. The van der Waals surface area contributed by atoms with Gasteiger partial charge in [-0.1, -0.05) is 12.8 Å². The van der Waals surface area contributed by atoms with Crippen LogP contribution >= 0.6 is 12.4 Å². The summed E-state index contributed by atoms with van der Waals surface area (Å²) in [6.45, 7) is -0.269. The van der Waals surface area contributed by atoms with E-state index < -0.39 is 11.4 Å². The smallest absolute Gasteiger partial charge is 0.255 e. The Labute approximate surface area is 141 Å². The van der Waals surface area contributed by atoms with Crippen molar-refractivity contribution in [1.29, 1.82) is 0 Å². The SMILES string of the molecule is COc1ccc(NC(=O)C2(N)CCCC2)cc1OCC(N)=O.Cl. The van der Waals surface area contributed by atoms with Gasteiger partial charge in [0.1, 0.15) is 0 Å². The summed E-state index contributed by atoms with van der Waals surface area (Å²) in [6, 6.07) is 4.91. The second kappa shape index (κ2) is 8.03. The maximum Gasteiger partial charge on any atom is 0.255 e. The Kier molecular flexibility index (Phi) is 6.65. The first-order valence-corrected chi connectivity index (χ1v) is 7.14. The van der Waals surface area contributed by atoms with Gasteiger partial charge >= 0.3 is 0 Å². The van der Waals surface area contributed by atoms with Crippen LogP contribution in [0, 0.1) is 0 Å². The van der Waals surface area contributed by atoms with E-state index in [1.807, 2.05) is 0 Å². The second-order valence-corrected chi connectivity index (χ2v) is 5.44. The van der Waals surface area contributed by atoms with Gasteiger partial charge in [0.05, 0.1) is 12.6 Å². The number of halogens is 1. The predicted octanol–water partition coefficient (Wildman–Crippen LogP) is 1.19. The van der Waals surface area contributed by atoms with Gasteiger partial charge in [-0.25, -0.2) is 0 Å². The van der Waals surface area contributed by atoms with E-state index in [2.05, 4.69) is 5.32 Å². The van der Waals surface area contributed by atoms with E-state index >= 15 is 0 Å². The lowest BCUT2D eigenvalue weighted by atomic mass is 9.98. The summed E-state index contributed by atoms with van der Waals surface area (Å²) < 4.78 is 10.4. The number of hydrogen-bond acceptors (Lipinski definition) is 5. The molecule has 0 unspecified atom stereocenters. The third kappa shape index (κ3) is 4.74. The number of carbonyl (C=O) groups excluding carboxylic acids is 2. The van der Waals surface area contributed by atoms with Crippen LogP contribution in [0.1, 0.15) is 25.7 Å². The van der Waals surface area contributed by atoms with Crippen molar-refractivity contribution in [2.45, 2.75) is 31.2 Å². The molecule has 7 nitrogen and oxygen atoms in total. The van der Waals surface area contributed by atoms with Crippen molar-refractivity contribution >= 4 is 29.9 Å². The van der Waals surface area contributed by atoms with Crippen molar-refractivity contribution in [2.75, 3.05) is 19.0 Å². The molecule has 2 rings (SSSR count). The summed E-state index contributed by atoms with van der Waals surface area (Å²) >= 11 is 0. The summed E-state index contributed by atoms with van der Waals surface area (Å²) in [5, 5.41) is 2.79. The van der Waals surface area contributed by atoms with E-state index in [-0.39, 0.29) is 24.9 Å². The van der Waals surface area contributed by atoms with Crippen LogP contribution in [-0.4, -0.2) is 31.1 Å². The Morgan fingerprint density at radius 2 is 1.91 bits per heavy atom. The minimum Gasteiger partial charge on any atom is -0.493 e. The summed E-state index contributed by atoms with van der Waals surface area (Å²) in [5.74, 6) is -0.0291. The third-order valence-corrected chi connectivity index (χ3v) is 3.74. The number of hydrogen-bond donors (Lipinski definition) is 3. The zero-order valence-corrected chi connectivity index (χ0v) is 13.8. The molecule has 0 aliphatic heterocycles. The molecule has 0 radical (unpaired) electrons. The zero-order valence-electron chi connectivity index (χ0n) is 13.0. The van der Waals surface area contributed by atoms with E-state index in [0.717, 1.165) is 12.8 Å². The molecule has 0 heterocycles. The molecule has 1 aliphatic rings. The molecule has 1 aromatic rings. The van der Waals surface area contributed by atoms with Crippen LogP contribution in [0.4, 0.5) is 5.69 Å². The molecule has 0 bridgehead atoms. The van der Waals surface area contributed by atoms with Crippen LogP contribution in [0.3, 0.4) is 0 Å². The normalized spacial score (nSPS) is 15.4. The number of methoxy groups -OCH3 is 1. The number of amides is 2. The lowest BCUT2D eigenvalue weighted by Crippen LogP contribution is -2.48. The largest absolute Gasteiger partial charge is 0.493 e. The van der Waals surface area contributed by atoms with E-state index in [4.69, 9.17) is 20.9 Å². The summed E-state index contributed by atoms with van der Waals surface area (Å²) in [7, 11) is 1.48. The first kappa shape index (κ1) is 19.1. The highest BCUT2D eigenvalue weighted by Crippen LogP contribution is 2.32. The van der Waals surface area contributed by atoms with Gasteiger partial charge < -0.3 is 26.3 Å². The first-order valence-electron chi connectivity index (χ1n) is 7.14. The van der Waals surface area contributed by atoms with Gasteiger partial charge in [0.25, 0.3) is 5.91 Å². The number of anilines is 1. The molecule has 23 heavy (non-hydrogen) atoms. The molecule has 1 fully saturated rings. The Balaban J connectivity index is 0.00000264. The molecule has 0 spiro atoms. The van der Waals surface area contributed by atoms with Crippen molar-refractivity contribution in [3.05, 3.63) is 18.2 Å². The number of rotatable bonds is 6. The van der Waals surface area contributed by atoms with Gasteiger partial charge in [-0.05, 0) is 25.0 Å². The van der Waals surface area contributed by atoms with Crippen molar-refractivity contribution < 1.29 is 19.1 Å². The van der Waals surface area contributed by atoms with Gasteiger partial charge in [0.15, 0.2) is 18.1 Å². The topological polar surface area (TPSA) is 117 Å². The van der Waals surface area contributed by atoms with Crippen molar-refractivity contribution in [3.8, 4) is 11.5 Å². The summed E-state index contributed by atoms with van der Waals surface area (Å²) in [5.41, 5.74) is 10.9. The van der Waals surface area contributed by atoms with E-state index in [1.165, 1.54) is 7.11 Å². The van der Waals surface area contributed by atoms with Gasteiger partial charge in [0, 0.05) is 11.8 Å². The van der Waals surface area contributed by atoms with E-state index in [1.54, 1.807) is 18.2 Å². The molecule has 1 aromatic carbocycles. The van der Waals surface area contributed by atoms with Crippen LogP contribution < -0.4 is 26.3 Å². The molecular formula is C15H22ClN3O4. The first-order chi connectivity index (χ1) is 10.4.